The van der Waals surface area contributed by atoms with Crippen LogP contribution in [0.5, 0.6) is 0 Å². The molecule has 0 amide bonds. The summed E-state index contributed by atoms with van der Waals surface area (Å²) in [5.41, 5.74) is 8.27. The molecule has 1 aliphatic rings. The van der Waals surface area contributed by atoms with E-state index in [0.717, 1.165) is 43.3 Å². The fourth-order valence-corrected chi connectivity index (χ4v) is 5.23. The van der Waals surface area contributed by atoms with Gasteiger partial charge in [-0.3, -0.25) is 9.59 Å². The molecule has 3 aromatic heterocycles. The lowest BCUT2D eigenvalue weighted by Crippen LogP contribution is -2.35. The largest absolute Gasteiger partial charge is 0.503 e. The van der Waals surface area contributed by atoms with Crippen LogP contribution in [0.4, 0.5) is 13.2 Å². The van der Waals surface area contributed by atoms with Crippen molar-refractivity contribution >= 4 is 22.7 Å². The number of nitrogens with one attached hydrogen (secondary N) is 1. The van der Waals surface area contributed by atoms with E-state index in [2.05, 4.69) is 21.9 Å². The molecule has 1 saturated heterocycles. The molecule has 1 aromatic carbocycles. The van der Waals surface area contributed by atoms with Crippen LogP contribution >= 0.6 is 0 Å². The molecule has 0 aliphatic carbocycles. The van der Waals surface area contributed by atoms with Crippen molar-refractivity contribution in [2.75, 3.05) is 20.1 Å². The normalized spacial score (nSPS) is 15.9. The molecule has 5 rings (SSSR count). The van der Waals surface area contributed by atoms with E-state index >= 15 is 0 Å². The number of nitrogens with two attached hydrogens (primary N) is 1. The highest BCUT2D eigenvalue weighted by molar-refractivity contribution is 6.11. The summed E-state index contributed by atoms with van der Waals surface area (Å²) >= 11 is 0. The predicted octanol–water partition coefficient (Wildman–Crippen LogP) is 4.77. The number of fused-ring (bicyclic) bond motifs is 1. The van der Waals surface area contributed by atoms with Crippen LogP contribution in [0, 0.1) is 0 Å². The van der Waals surface area contributed by atoms with Crippen LogP contribution < -0.4 is 16.9 Å². The molecule has 1 aliphatic heterocycles. The number of alkyl halides is 3. The average Bonchev–Trinajstić information content (AvgIpc) is 3.37. The van der Waals surface area contributed by atoms with Gasteiger partial charge in [0.2, 0.25) is 0 Å². The summed E-state index contributed by atoms with van der Waals surface area (Å²) in [4.78, 5) is 34.3. The number of aromatic nitrogens is 3. The third kappa shape index (κ3) is 5.37. The molecular weight excluding hydrogens is 521 g/mol. The maximum atomic E-state index is 13.5. The number of hydrogen-bond donors (Lipinski definition) is 2. The van der Waals surface area contributed by atoms with Crippen LogP contribution in [0.25, 0.3) is 38.7 Å². The van der Waals surface area contributed by atoms with E-state index in [0.29, 0.717) is 22.7 Å². The van der Waals surface area contributed by atoms with E-state index < -0.39 is 6.30 Å². The molecule has 11 heteroatoms. The summed E-state index contributed by atoms with van der Waals surface area (Å²) in [5.74, 6) is 0. The van der Waals surface area contributed by atoms with Crippen molar-refractivity contribution in [3.05, 3.63) is 87.5 Å². The quantitative estimate of drug-likeness (QED) is 0.275. The summed E-state index contributed by atoms with van der Waals surface area (Å²) in [6.45, 7) is 1.78. The molecule has 0 atom stereocenters. The Balaban J connectivity index is 0.00000387. The molecule has 0 radical (unpaired) electrons. The highest BCUT2D eigenvalue weighted by atomic mass is 19.4. The minimum Gasteiger partial charge on any atom is -0.404 e. The van der Waals surface area contributed by atoms with Gasteiger partial charge < -0.3 is 24.8 Å². The molecular formula is C29H31F3N6O2. The second kappa shape index (κ2) is 10.6. The van der Waals surface area contributed by atoms with Crippen molar-refractivity contribution < 1.29 is 14.6 Å². The first-order valence-electron chi connectivity index (χ1n) is 12.8. The number of aromatic amines is 1. The monoisotopic (exact) mass is 552 g/mol. The topological polar surface area (TPSA) is 101 Å². The number of likely N-dealkylation sites (tertiary alicyclic amines) is 1. The van der Waals surface area contributed by atoms with Gasteiger partial charge in [0.05, 0.1) is 0 Å². The van der Waals surface area contributed by atoms with Gasteiger partial charge in [-0.1, -0.05) is 30.3 Å². The molecule has 3 N–H and O–H groups in total. The number of halogens is 3. The number of aryl methyl sites for hydroxylation is 1. The van der Waals surface area contributed by atoms with Gasteiger partial charge in [0.1, 0.15) is 5.52 Å². The number of aliphatic imine (C=N–C) groups is 1. The highest BCUT2D eigenvalue weighted by Gasteiger charge is 2.26. The lowest BCUT2D eigenvalue weighted by Gasteiger charge is -2.30. The van der Waals surface area contributed by atoms with Gasteiger partial charge >= 0.3 is 6.30 Å². The summed E-state index contributed by atoms with van der Waals surface area (Å²) in [5, 5.41) is 0.450. The van der Waals surface area contributed by atoms with E-state index in [-0.39, 0.29) is 35.4 Å². The number of H-pyrrole nitrogens is 1. The van der Waals surface area contributed by atoms with Crippen LogP contribution in [0.1, 0.15) is 26.0 Å². The summed E-state index contributed by atoms with van der Waals surface area (Å²) in [7, 11) is 3.65. The first-order valence-corrected chi connectivity index (χ1v) is 12.8. The van der Waals surface area contributed by atoms with E-state index in [1.54, 1.807) is 29.9 Å². The van der Waals surface area contributed by atoms with Crippen molar-refractivity contribution in [3.63, 3.8) is 0 Å². The van der Waals surface area contributed by atoms with E-state index in [4.69, 9.17) is 5.73 Å². The van der Waals surface area contributed by atoms with Gasteiger partial charge in [0, 0.05) is 73.2 Å². The predicted molar refractivity (Wildman–Crippen MR) is 153 cm³/mol. The van der Waals surface area contributed by atoms with Crippen LogP contribution in [0.15, 0.2) is 75.6 Å². The zero-order valence-electron chi connectivity index (χ0n) is 22.1. The maximum Gasteiger partial charge on any atom is 0.503 e. The Morgan fingerprint density at radius 1 is 1.05 bits per heavy atom. The zero-order chi connectivity index (χ0) is 28.6. The van der Waals surface area contributed by atoms with Crippen LogP contribution in [-0.4, -0.2) is 51.7 Å². The molecule has 40 heavy (non-hydrogen) atoms. The van der Waals surface area contributed by atoms with Gasteiger partial charge in [-0.15, -0.1) is 13.2 Å². The molecule has 8 nitrogen and oxygen atoms in total. The van der Waals surface area contributed by atoms with Crippen molar-refractivity contribution in [2.45, 2.75) is 25.2 Å². The Bertz CT molecular complexity index is 1730. The third-order valence-electron chi connectivity index (χ3n) is 7.34. The Kier molecular flexibility index (Phi) is 7.24. The molecule has 0 bridgehead atoms. The van der Waals surface area contributed by atoms with Crippen molar-refractivity contribution in [3.8, 4) is 22.3 Å². The molecule has 0 unspecified atom stereocenters. The molecule has 4 heterocycles. The van der Waals surface area contributed by atoms with Crippen molar-refractivity contribution in [2.24, 2.45) is 17.8 Å². The standard InChI is InChI=1S/C29H29F3N6O2.H2/c1-36-10-8-20(9-11-36)38-17-23(18-6-4-3-5-7-18)21(13-26(38)39)24-16-37(2)28(40)27-22(24)12-25(35-27)19(14-33)15-34-29(30,31)32;/h3-7,12-17,20,35H,8-11,33H2,1-2H3;1H/b19-14+,34-15+;. The van der Waals surface area contributed by atoms with Crippen molar-refractivity contribution in [1.29, 1.82) is 0 Å². The Morgan fingerprint density at radius 3 is 2.40 bits per heavy atom. The second-order valence-corrected chi connectivity index (χ2v) is 10.0. The molecule has 210 valence electrons. The molecule has 4 aromatic rings. The number of rotatable bonds is 5. The lowest BCUT2D eigenvalue weighted by molar-refractivity contribution is -0.118. The second-order valence-electron chi connectivity index (χ2n) is 10.0. The zero-order valence-corrected chi connectivity index (χ0v) is 22.1. The Morgan fingerprint density at radius 2 is 1.75 bits per heavy atom. The van der Waals surface area contributed by atoms with Crippen LogP contribution in [-0.2, 0) is 7.05 Å². The van der Waals surface area contributed by atoms with E-state index in [1.165, 1.54) is 4.57 Å². The number of benzene rings is 1. The molecule has 0 saturated carbocycles. The Hall–Kier alpha value is -4.38. The number of piperidine rings is 1. The lowest BCUT2D eigenvalue weighted by atomic mass is 9.94. The van der Waals surface area contributed by atoms with Gasteiger partial charge in [-0.05, 0) is 50.2 Å². The third-order valence-corrected chi connectivity index (χ3v) is 7.34. The van der Waals surface area contributed by atoms with E-state index in [9.17, 15) is 22.8 Å². The van der Waals surface area contributed by atoms with Crippen LogP contribution in [0.2, 0.25) is 0 Å². The van der Waals surface area contributed by atoms with E-state index in [1.807, 2.05) is 36.5 Å². The van der Waals surface area contributed by atoms with Gasteiger partial charge in [0.15, 0.2) is 0 Å². The number of allylic oxidation sites excluding steroid dienone is 1. The van der Waals surface area contributed by atoms with Gasteiger partial charge in [0.25, 0.3) is 11.1 Å². The highest BCUT2D eigenvalue weighted by Crippen LogP contribution is 2.36. The SMILES string of the molecule is CN1CCC(n2cc(-c3ccccc3)c(-c3cn(C)c(=O)c4[nH]c(C(=C/N)/C=N/C(F)(F)F)cc34)cc2=O)CC1.[HH]. The summed E-state index contributed by atoms with van der Waals surface area (Å²) in [6.07, 6.45) is 2.04. The van der Waals surface area contributed by atoms with Gasteiger partial charge in [-0.2, -0.15) is 4.99 Å². The number of hydrogen-bond acceptors (Lipinski definition) is 5. The first kappa shape index (κ1) is 27.2. The minimum absolute atomic E-state index is 0. The number of pyridine rings is 2. The Labute approximate surface area is 229 Å². The van der Waals surface area contributed by atoms with Gasteiger partial charge in [-0.25, -0.2) is 0 Å². The van der Waals surface area contributed by atoms with Crippen LogP contribution in [0.3, 0.4) is 0 Å². The summed E-state index contributed by atoms with van der Waals surface area (Å²) < 4.78 is 41.4. The summed E-state index contributed by atoms with van der Waals surface area (Å²) in [6, 6.07) is 12.8. The molecule has 0 spiro atoms. The maximum absolute atomic E-state index is 13.5. The smallest absolute Gasteiger partial charge is 0.404 e. The molecule has 1 fully saturated rings. The fourth-order valence-electron chi connectivity index (χ4n) is 5.23. The number of nitrogens with zero attached hydrogens (tertiary/aromatic N) is 4. The van der Waals surface area contributed by atoms with Crippen molar-refractivity contribution in [1.82, 2.24) is 19.0 Å². The average molecular weight is 553 g/mol. The minimum atomic E-state index is -4.77. The fraction of sp³-hybridized carbons (Fsp3) is 0.276. The first-order chi connectivity index (χ1) is 19.1.